The van der Waals surface area contributed by atoms with Crippen molar-refractivity contribution in [3.05, 3.63) is 46.0 Å². The molecule has 1 aromatic heterocycles. The molecule has 1 aliphatic rings. The van der Waals surface area contributed by atoms with Crippen LogP contribution in [-0.2, 0) is 19.4 Å². The minimum atomic E-state index is 0.167. The first kappa shape index (κ1) is 20.8. The number of halogens is 1. The third-order valence-electron chi connectivity index (χ3n) is 5.08. The van der Waals surface area contributed by atoms with Crippen molar-refractivity contribution in [1.82, 2.24) is 25.4 Å². The summed E-state index contributed by atoms with van der Waals surface area (Å²) < 4.78 is 3.44. The van der Waals surface area contributed by atoms with Crippen LogP contribution in [0, 0.1) is 0 Å². The fourth-order valence-corrected chi connectivity index (χ4v) is 4.22. The zero-order valence-corrected chi connectivity index (χ0v) is 18.5. The highest BCUT2D eigenvalue weighted by molar-refractivity contribution is 9.10. The predicted molar refractivity (Wildman–Crippen MR) is 118 cm³/mol. The lowest BCUT2D eigenvalue weighted by molar-refractivity contribution is 0.597. The van der Waals surface area contributed by atoms with Crippen LogP contribution in [0.15, 0.2) is 33.7 Å². The quantitative estimate of drug-likeness (QED) is 0.382. The summed E-state index contributed by atoms with van der Waals surface area (Å²) in [6, 6.07) is 8.45. The van der Waals surface area contributed by atoms with Crippen molar-refractivity contribution < 1.29 is 0 Å². The van der Waals surface area contributed by atoms with Crippen molar-refractivity contribution in [1.29, 1.82) is 0 Å². The molecular formula is C21H31BrN6. The number of aryl methyl sites for hydroxylation is 2. The van der Waals surface area contributed by atoms with Crippen molar-refractivity contribution in [3.8, 4) is 0 Å². The maximum atomic E-state index is 4.76. The van der Waals surface area contributed by atoms with Crippen LogP contribution in [-0.4, -0.2) is 33.8 Å². The fraction of sp³-hybridized carbons (Fsp3) is 0.571. The molecule has 3 rings (SSSR count). The molecule has 7 heteroatoms. The lowest BCUT2D eigenvalue weighted by Crippen LogP contribution is -2.38. The summed E-state index contributed by atoms with van der Waals surface area (Å²) in [5, 5.41) is 15.7. The topological polar surface area (TPSA) is 67.1 Å². The molecule has 1 atom stereocenters. The summed E-state index contributed by atoms with van der Waals surface area (Å²) in [5.41, 5.74) is 1.22. The van der Waals surface area contributed by atoms with Gasteiger partial charge >= 0.3 is 0 Å². The second-order valence-corrected chi connectivity index (χ2v) is 8.10. The van der Waals surface area contributed by atoms with E-state index in [0.29, 0.717) is 0 Å². The van der Waals surface area contributed by atoms with Crippen LogP contribution in [0.1, 0.15) is 62.8 Å². The zero-order chi connectivity index (χ0) is 19.8. The van der Waals surface area contributed by atoms with E-state index in [-0.39, 0.29) is 6.04 Å². The molecule has 1 aromatic carbocycles. The average Bonchev–Trinajstić information content (AvgIpc) is 2.92. The molecule has 0 amide bonds. The number of nitrogens with zero attached hydrogens (tertiary/aromatic N) is 4. The maximum absolute atomic E-state index is 4.76. The average molecular weight is 447 g/mol. The molecule has 0 fully saturated rings. The Kier molecular flexibility index (Phi) is 7.89. The summed E-state index contributed by atoms with van der Waals surface area (Å²) in [6.45, 7) is 6.91. The smallest absolute Gasteiger partial charge is 0.191 e. The molecule has 2 aromatic rings. The molecule has 1 aliphatic heterocycles. The van der Waals surface area contributed by atoms with E-state index in [9.17, 15) is 0 Å². The number of fused-ring (bicyclic) bond motifs is 1. The van der Waals surface area contributed by atoms with Gasteiger partial charge in [0.05, 0.1) is 6.04 Å². The summed E-state index contributed by atoms with van der Waals surface area (Å²) >= 11 is 3.63. The summed E-state index contributed by atoms with van der Waals surface area (Å²) in [4.78, 5) is 4.76. The molecule has 0 saturated carbocycles. The number of hydrogen-bond acceptors (Lipinski definition) is 3. The first-order chi connectivity index (χ1) is 13.7. The molecule has 152 valence electrons. The Morgan fingerprint density at radius 3 is 2.93 bits per heavy atom. The van der Waals surface area contributed by atoms with E-state index in [4.69, 9.17) is 4.99 Å². The van der Waals surface area contributed by atoms with Gasteiger partial charge in [0.25, 0.3) is 0 Å². The highest BCUT2D eigenvalue weighted by atomic mass is 79.9. The Morgan fingerprint density at radius 1 is 1.25 bits per heavy atom. The Balaban J connectivity index is 1.55. The minimum absolute atomic E-state index is 0.167. The van der Waals surface area contributed by atoms with Crippen molar-refractivity contribution in [2.24, 2.45) is 4.99 Å². The van der Waals surface area contributed by atoms with Gasteiger partial charge in [-0.3, -0.25) is 4.99 Å². The Hall–Kier alpha value is -1.89. The van der Waals surface area contributed by atoms with Crippen molar-refractivity contribution in [3.63, 3.8) is 0 Å². The van der Waals surface area contributed by atoms with Crippen LogP contribution in [0.3, 0.4) is 0 Å². The molecule has 0 saturated heterocycles. The van der Waals surface area contributed by atoms with Crippen LogP contribution in [0.5, 0.6) is 0 Å². The zero-order valence-electron chi connectivity index (χ0n) is 16.9. The van der Waals surface area contributed by atoms with Gasteiger partial charge in [-0.15, -0.1) is 10.2 Å². The van der Waals surface area contributed by atoms with E-state index in [2.05, 4.69) is 73.4 Å². The summed E-state index contributed by atoms with van der Waals surface area (Å²) in [7, 11) is 0. The molecule has 28 heavy (non-hydrogen) atoms. The number of nitrogens with one attached hydrogen (secondary N) is 2. The van der Waals surface area contributed by atoms with E-state index >= 15 is 0 Å². The number of guanidine groups is 1. The van der Waals surface area contributed by atoms with Crippen molar-refractivity contribution in [2.75, 3.05) is 13.1 Å². The van der Waals surface area contributed by atoms with Crippen LogP contribution >= 0.6 is 15.9 Å². The number of benzene rings is 1. The molecule has 0 bridgehead atoms. The molecule has 0 aliphatic carbocycles. The maximum Gasteiger partial charge on any atom is 0.191 e. The molecule has 1 unspecified atom stereocenters. The molecular weight excluding hydrogens is 416 g/mol. The first-order valence-corrected chi connectivity index (χ1v) is 11.2. The van der Waals surface area contributed by atoms with Crippen LogP contribution < -0.4 is 10.6 Å². The Labute approximate surface area is 176 Å². The van der Waals surface area contributed by atoms with Crippen LogP contribution in [0.4, 0.5) is 0 Å². The number of aliphatic imine (C=N–C) groups is 1. The van der Waals surface area contributed by atoms with Crippen LogP contribution in [0.25, 0.3) is 0 Å². The molecule has 2 heterocycles. The van der Waals surface area contributed by atoms with E-state index in [1.165, 1.54) is 24.8 Å². The lowest BCUT2D eigenvalue weighted by atomic mass is 10.1. The van der Waals surface area contributed by atoms with Gasteiger partial charge in [-0.05, 0) is 44.7 Å². The highest BCUT2D eigenvalue weighted by Crippen LogP contribution is 2.22. The Morgan fingerprint density at radius 2 is 2.11 bits per heavy atom. The highest BCUT2D eigenvalue weighted by Gasteiger charge is 2.14. The van der Waals surface area contributed by atoms with Crippen molar-refractivity contribution >= 4 is 21.9 Å². The van der Waals surface area contributed by atoms with Crippen LogP contribution in [0.2, 0.25) is 0 Å². The standard InChI is InChI=1S/C21H31BrN6/c1-3-23-21(25-16(2)17-10-6-7-11-18(17)22)24-14-9-13-20-27-26-19-12-5-4-8-15-28(19)20/h6-7,10-11,16H,3-5,8-9,12-15H2,1-2H3,(H2,23,24,25). The number of aromatic nitrogens is 3. The van der Waals surface area contributed by atoms with E-state index < -0.39 is 0 Å². The number of hydrogen-bond donors (Lipinski definition) is 2. The second-order valence-electron chi connectivity index (χ2n) is 7.25. The second kappa shape index (κ2) is 10.6. The van der Waals surface area contributed by atoms with Gasteiger partial charge in [0.15, 0.2) is 5.96 Å². The summed E-state index contributed by atoms with van der Waals surface area (Å²) in [6.07, 6.45) is 6.72. The van der Waals surface area contributed by atoms with Gasteiger partial charge in [-0.1, -0.05) is 40.5 Å². The van der Waals surface area contributed by atoms with E-state index in [1.54, 1.807) is 0 Å². The Bertz CT molecular complexity index is 785. The molecule has 0 radical (unpaired) electrons. The third kappa shape index (κ3) is 5.56. The minimum Gasteiger partial charge on any atom is -0.357 e. The third-order valence-corrected chi connectivity index (χ3v) is 5.81. The molecule has 6 nitrogen and oxygen atoms in total. The lowest BCUT2D eigenvalue weighted by Gasteiger charge is -2.19. The largest absolute Gasteiger partial charge is 0.357 e. The van der Waals surface area contributed by atoms with E-state index in [1.807, 2.05) is 6.07 Å². The van der Waals surface area contributed by atoms with Gasteiger partial charge in [-0.25, -0.2) is 0 Å². The monoisotopic (exact) mass is 446 g/mol. The molecule has 0 spiro atoms. The van der Waals surface area contributed by atoms with Gasteiger partial charge in [0, 0.05) is 36.9 Å². The fourth-order valence-electron chi connectivity index (χ4n) is 3.59. The van der Waals surface area contributed by atoms with Crippen molar-refractivity contribution in [2.45, 2.75) is 65.0 Å². The van der Waals surface area contributed by atoms with Gasteiger partial charge in [0.1, 0.15) is 11.6 Å². The van der Waals surface area contributed by atoms with Gasteiger partial charge in [-0.2, -0.15) is 0 Å². The predicted octanol–water partition coefficient (Wildman–Crippen LogP) is 4.02. The SMILES string of the molecule is CCNC(=NCCCc1nnc2n1CCCCC2)NC(C)c1ccccc1Br. The first-order valence-electron chi connectivity index (χ1n) is 10.4. The van der Waals surface area contributed by atoms with Gasteiger partial charge < -0.3 is 15.2 Å². The molecule has 2 N–H and O–H groups in total. The van der Waals surface area contributed by atoms with Gasteiger partial charge in [0.2, 0.25) is 0 Å². The normalized spacial score (nSPS) is 15.6. The number of rotatable bonds is 7. The summed E-state index contributed by atoms with van der Waals surface area (Å²) in [5.74, 6) is 3.13. The van der Waals surface area contributed by atoms with E-state index in [0.717, 1.165) is 61.0 Å².